The van der Waals surface area contributed by atoms with Gasteiger partial charge in [-0.15, -0.1) is 0 Å². The first-order valence-electron chi connectivity index (χ1n) is 13.3. The highest BCUT2D eigenvalue weighted by Gasteiger charge is 2.33. The standard InChI is InChI=1S/C33H44O/c1-6-7-8-9-10-11-14-19-26-24-29(32(2,3)27-20-15-12-16-21-27)31(34)30(25-26)33(4,5)28-22-17-13-18-23-28/h12-13,15-18,20-25,34H,6-11,14,19H2,1-5H3. The van der Waals surface area contributed by atoms with Gasteiger partial charge in [-0.25, -0.2) is 0 Å². The smallest absolute Gasteiger partial charge is 0.123 e. The minimum Gasteiger partial charge on any atom is -0.507 e. The third-order valence-corrected chi connectivity index (χ3v) is 7.58. The molecule has 3 aromatic carbocycles. The van der Waals surface area contributed by atoms with Crippen molar-refractivity contribution >= 4 is 0 Å². The third kappa shape index (κ3) is 6.12. The van der Waals surface area contributed by atoms with Gasteiger partial charge in [0.25, 0.3) is 0 Å². The molecule has 0 heterocycles. The molecule has 0 aromatic heterocycles. The largest absolute Gasteiger partial charge is 0.507 e. The van der Waals surface area contributed by atoms with Crippen LogP contribution in [0.4, 0.5) is 0 Å². The fraction of sp³-hybridized carbons (Fsp3) is 0.455. The molecule has 0 saturated heterocycles. The molecule has 0 aliphatic carbocycles. The Labute approximate surface area is 208 Å². The number of hydrogen-bond donors (Lipinski definition) is 1. The lowest BCUT2D eigenvalue weighted by atomic mass is 9.71. The highest BCUT2D eigenvalue weighted by Crippen LogP contribution is 2.45. The zero-order chi connectivity index (χ0) is 24.6. The summed E-state index contributed by atoms with van der Waals surface area (Å²) in [7, 11) is 0. The normalized spacial score (nSPS) is 12.1. The number of aryl methyl sites for hydroxylation is 1. The summed E-state index contributed by atoms with van der Waals surface area (Å²) in [5.74, 6) is 0.436. The molecule has 0 atom stereocenters. The van der Waals surface area contributed by atoms with E-state index in [1.54, 1.807) is 0 Å². The van der Waals surface area contributed by atoms with Crippen LogP contribution in [0.1, 0.15) is 107 Å². The summed E-state index contributed by atoms with van der Waals surface area (Å²) in [6, 6.07) is 25.7. The van der Waals surface area contributed by atoms with Crippen LogP contribution in [0.25, 0.3) is 0 Å². The molecule has 0 fully saturated rings. The van der Waals surface area contributed by atoms with Crippen molar-refractivity contribution < 1.29 is 5.11 Å². The number of benzene rings is 3. The maximum absolute atomic E-state index is 11.7. The van der Waals surface area contributed by atoms with E-state index in [2.05, 4.69) is 107 Å². The van der Waals surface area contributed by atoms with E-state index in [0.29, 0.717) is 5.75 Å². The molecule has 0 aliphatic heterocycles. The summed E-state index contributed by atoms with van der Waals surface area (Å²) in [5, 5.41) is 11.7. The Bertz CT molecular complexity index is 942. The Morgan fingerprint density at radius 3 is 1.44 bits per heavy atom. The Morgan fingerprint density at radius 1 is 0.588 bits per heavy atom. The SMILES string of the molecule is CCCCCCCCCc1cc(C(C)(C)c2ccccc2)c(O)c(C(C)(C)c2ccccc2)c1. The molecule has 0 saturated carbocycles. The molecule has 0 spiro atoms. The molecule has 182 valence electrons. The topological polar surface area (TPSA) is 20.2 Å². The summed E-state index contributed by atoms with van der Waals surface area (Å²) >= 11 is 0. The van der Waals surface area contributed by atoms with Gasteiger partial charge in [0.2, 0.25) is 0 Å². The van der Waals surface area contributed by atoms with Gasteiger partial charge in [0.1, 0.15) is 5.75 Å². The van der Waals surface area contributed by atoms with Crippen LogP contribution in [0.2, 0.25) is 0 Å². The van der Waals surface area contributed by atoms with Crippen molar-refractivity contribution in [2.45, 2.75) is 96.8 Å². The molecule has 0 bridgehead atoms. The van der Waals surface area contributed by atoms with Gasteiger partial charge in [-0.3, -0.25) is 0 Å². The molecule has 1 N–H and O–H groups in total. The van der Waals surface area contributed by atoms with Crippen LogP contribution in [0.15, 0.2) is 72.8 Å². The zero-order valence-electron chi connectivity index (χ0n) is 22.0. The Morgan fingerprint density at radius 2 is 1.00 bits per heavy atom. The second-order valence-electron chi connectivity index (χ2n) is 10.9. The lowest BCUT2D eigenvalue weighted by Gasteiger charge is -2.33. The van der Waals surface area contributed by atoms with Crippen LogP contribution in [0.5, 0.6) is 5.75 Å². The van der Waals surface area contributed by atoms with Crippen LogP contribution >= 0.6 is 0 Å². The summed E-state index contributed by atoms with van der Waals surface area (Å²) in [5.41, 5.74) is 5.26. The maximum atomic E-state index is 11.7. The first-order chi connectivity index (χ1) is 16.3. The van der Waals surface area contributed by atoms with Crippen molar-refractivity contribution in [2.75, 3.05) is 0 Å². The average molecular weight is 457 g/mol. The van der Waals surface area contributed by atoms with Gasteiger partial charge in [-0.1, -0.05) is 146 Å². The zero-order valence-corrected chi connectivity index (χ0v) is 22.0. The Kier molecular flexibility index (Phi) is 9.00. The molecule has 0 radical (unpaired) electrons. The van der Waals surface area contributed by atoms with Crippen molar-refractivity contribution in [3.63, 3.8) is 0 Å². The minimum atomic E-state index is -0.289. The van der Waals surface area contributed by atoms with Crippen molar-refractivity contribution in [1.29, 1.82) is 0 Å². The number of rotatable bonds is 12. The van der Waals surface area contributed by atoms with E-state index in [1.165, 1.54) is 61.6 Å². The molecule has 3 rings (SSSR count). The highest BCUT2D eigenvalue weighted by molar-refractivity contribution is 5.56. The van der Waals surface area contributed by atoms with E-state index < -0.39 is 0 Å². The number of phenols is 1. The first-order valence-corrected chi connectivity index (χ1v) is 13.3. The number of hydrogen-bond acceptors (Lipinski definition) is 1. The van der Waals surface area contributed by atoms with Crippen molar-refractivity contribution in [2.24, 2.45) is 0 Å². The van der Waals surface area contributed by atoms with Crippen LogP contribution < -0.4 is 0 Å². The first kappa shape index (κ1) is 26.1. The van der Waals surface area contributed by atoms with Crippen molar-refractivity contribution in [1.82, 2.24) is 0 Å². The third-order valence-electron chi connectivity index (χ3n) is 7.58. The van der Waals surface area contributed by atoms with Gasteiger partial charge in [-0.2, -0.15) is 0 Å². The van der Waals surface area contributed by atoms with Crippen LogP contribution in [0.3, 0.4) is 0 Å². The van der Waals surface area contributed by atoms with E-state index in [0.717, 1.165) is 17.5 Å². The van der Waals surface area contributed by atoms with E-state index in [1.807, 2.05) is 0 Å². The van der Waals surface area contributed by atoms with Gasteiger partial charge >= 0.3 is 0 Å². The summed E-state index contributed by atoms with van der Waals surface area (Å²) < 4.78 is 0. The monoisotopic (exact) mass is 456 g/mol. The molecule has 34 heavy (non-hydrogen) atoms. The molecule has 0 amide bonds. The van der Waals surface area contributed by atoms with Crippen LogP contribution in [-0.4, -0.2) is 5.11 Å². The number of unbranched alkanes of at least 4 members (excludes halogenated alkanes) is 6. The molecule has 0 unspecified atom stereocenters. The van der Waals surface area contributed by atoms with Gasteiger partial charge in [0.15, 0.2) is 0 Å². The molecule has 0 aliphatic rings. The number of aromatic hydroxyl groups is 1. The van der Waals surface area contributed by atoms with Gasteiger partial charge in [0.05, 0.1) is 0 Å². The molecule has 1 heteroatoms. The van der Waals surface area contributed by atoms with Gasteiger partial charge < -0.3 is 5.11 Å². The van der Waals surface area contributed by atoms with E-state index in [-0.39, 0.29) is 10.8 Å². The summed E-state index contributed by atoms with van der Waals surface area (Å²) in [6.45, 7) is 11.2. The predicted molar refractivity (Wildman–Crippen MR) is 147 cm³/mol. The predicted octanol–water partition coefficient (Wildman–Crippen LogP) is 9.34. The quantitative estimate of drug-likeness (QED) is 0.269. The number of phenolic OH excluding ortho intramolecular Hbond substituents is 1. The fourth-order valence-corrected chi connectivity index (χ4v) is 5.10. The highest BCUT2D eigenvalue weighted by atomic mass is 16.3. The van der Waals surface area contributed by atoms with Gasteiger partial charge in [0, 0.05) is 22.0 Å². The van der Waals surface area contributed by atoms with E-state index in [9.17, 15) is 5.11 Å². The Hall–Kier alpha value is -2.54. The molecule has 3 aromatic rings. The van der Waals surface area contributed by atoms with E-state index in [4.69, 9.17) is 0 Å². The van der Waals surface area contributed by atoms with Gasteiger partial charge in [-0.05, 0) is 29.5 Å². The Balaban J connectivity index is 1.96. The second kappa shape index (κ2) is 11.7. The van der Waals surface area contributed by atoms with Crippen molar-refractivity contribution in [3.8, 4) is 5.75 Å². The van der Waals surface area contributed by atoms with Crippen molar-refractivity contribution in [3.05, 3.63) is 101 Å². The molecular formula is C33H44O. The molecule has 1 nitrogen and oxygen atoms in total. The average Bonchev–Trinajstić information content (AvgIpc) is 2.85. The van der Waals surface area contributed by atoms with E-state index >= 15 is 0 Å². The lowest BCUT2D eigenvalue weighted by molar-refractivity contribution is 0.432. The fourth-order valence-electron chi connectivity index (χ4n) is 5.10. The maximum Gasteiger partial charge on any atom is 0.123 e. The second-order valence-corrected chi connectivity index (χ2v) is 10.9. The van der Waals surface area contributed by atoms with Crippen LogP contribution in [-0.2, 0) is 17.3 Å². The lowest BCUT2D eigenvalue weighted by Crippen LogP contribution is -2.24. The molecular weight excluding hydrogens is 412 g/mol. The van der Waals surface area contributed by atoms with Crippen LogP contribution in [0, 0.1) is 0 Å². The summed E-state index contributed by atoms with van der Waals surface area (Å²) in [4.78, 5) is 0. The minimum absolute atomic E-state index is 0.289. The summed E-state index contributed by atoms with van der Waals surface area (Å²) in [6.07, 6.45) is 10.2.